The molecular formula is C9H14N2O3. The maximum Gasteiger partial charge on any atom is 0.216 e. The summed E-state index contributed by atoms with van der Waals surface area (Å²) in [5.74, 6) is 1.02. The number of nitrogens with two attached hydrogens (primary N) is 1. The largest absolute Gasteiger partial charge is 0.496 e. The summed E-state index contributed by atoms with van der Waals surface area (Å²) < 4.78 is 10.0. The van der Waals surface area contributed by atoms with Crippen LogP contribution in [0, 0.1) is 0 Å². The van der Waals surface area contributed by atoms with Crippen LogP contribution < -0.4 is 15.2 Å². The second kappa shape index (κ2) is 4.78. The number of nitrogens with zero attached hydrogens (tertiary/aromatic N) is 1. The molecule has 0 fully saturated rings. The molecule has 0 spiro atoms. The predicted octanol–water partition coefficient (Wildman–Crippen LogP) is 0.0909. The fraction of sp³-hybridized carbons (Fsp3) is 0.444. The standard InChI is InChI=1S/C9H14N2O3/c1-13-8-3-9(14-2)11-4-6(8)7(10)5-12/h3-4,7,12H,5,10H2,1-2H3. The molecule has 1 heterocycles. The van der Waals surface area contributed by atoms with Crippen LogP contribution in [0.25, 0.3) is 0 Å². The molecule has 0 bridgehead atoms. The molecule has 1 unspecified atom stereocenters. The SMILES string of the molecule is COc1cc(OC)c(C(N)CO)cn1. The van der Waals surface area contributed by atoms with Crippen LogP contribution in [0.2, 0.25) is 0 Å². The van der Waals surface area contributed by atoms with E-state index in [0.29, 0.717) is 17.2 Å². The van der Waals surface area contributed by atoms with Crippen molar-refractivity contribution in [3.05, 3.63) is 17.8 Å². The van der Waals surface area contributed by atoms with E-state index < -0.39 is 6.04 Å². The summed E-state index contributed by atoms with van der Waals surface area (Å²) in [7, 11) is 3.05. The number of aliphatic hydroxyl groups excluding tert-OH is 1. The van der Waals surface area contributed by atoms with E-state index in [1.54, 1.807) is 12.3 Å². The van der Waals surface area contributed by atoms with Gasteiger partial charge in [-0.05, 0) is 0 Å². The molecule has 0 aromatic carbocycles. The Hall–Kier alpha value is -1.33. The molecule has 14 heavy (non-hydrogen) atoms. The lowest BCUT2D eigenvalue weighted by Gasteiger charge is -2.13. The minimum atomic E-state index is -0.483. The molecule has 1 aromatic heterocycles. The maximum atomic E-state index is 8.90. The van der Waals surface area contributed by atoms with Crippen molar-refractivity contribution >= 4 is 0 Å². The van der Waals surface area contributed by atoms with Crippen LogP contribution in [0.1, 0.15) is 11.6 Å². The third-order valence-electron chi connectivity index (χ3n) is 1.90. The quantitative estimate of drug-likeness (QED) is 0.717. The molecule has 1 rings (SSSR count). The number of ether oxygens (including phenoxy) is 2. The summed E-state index contributed by atoms with van der Waals surface area (Å²) in [5, 5.41) is 8.90. The Morgan fingerprint density at radius 3 is 2.71 bits per heavy atom. The average molecular weight is 198 g/mol. The van der Waals surface area contributed by atoms with Crippen LogP contribution in [0.3, 0.4) is 0 Å². The van der Waals surface area contributed by atoms with Gasteiger partial charge in [0, 0.05) is 17.8 Å². The zero-order valence-corrected chi connectivity index (χ0v) is 8.23. The van der Waals surface area contributed by atoms with Gasteiger partial charge in [-0.3, -0.25) is 0 Å². The minimum absolute atomic E-state index is 0.148. The number of methoxy groups -OCH3 is 2. The van der Waals surface area contributed by atoms with E-state index in [2.05, 4.69) is 4.98 Å². The summed E-state index contributed by atoms with van der Waals surface area (Å²) in [6.45, 7) is -0.148. The normalized spacial score (nSPS) is 12.3. The smallest absolute Gasteiger partial charge is 0.216 e. The minimum Gasteiger partial charge on any atom is -0.496 e. The Balaban J connectivity index is 3.04. The van der Waals surface area contributed by atoms with Crippen LogP contribution >= 0.6 is 0 Å². The van der Waals surface area contributed by atoms with Gasteiger partial charge in [0.1, 0.15) is 5.75 Å². The zero-order valence-electron chi connectivity index (χ0n) is 8.23. The molecular weight excluding hydrogens is 184 g/mol. The summed E-state index contributed by atoms with van der Waals surface area (Å²) in [6, 6.07) is 1.15. The lowest BCUT2D eigenvalue weighted by atomic mass is 10.1. The molecule has 5 heteroatoms. The number of rotatable bonds is 4. The first-order valence-electron chi connectivity index (χ1n) is 4.17. The van der Waals surface area contributed by atoms with Crippen molar-refractivity contribution in [3.63, 3.8) is 0 Å². The van der Waals surface area contributed by atoms with E-state index >= 15 is 0 Å². The third-order valence-corrected chi connectivity index (χ3v) is 1.90. The molecule has 3 N–H and O–H groups in total. The predicted molar refractivity (Wildman–Crippen MR) is 51.4 cm³/mol. The van der Waals surface area contributed by atoms with Crippen LogP contribution in [0.4, 0.5) is 0 Å². The number of hydrogen-bond acceptors (Lipinski definition) is 5. The molecule has 0 radical (unpaired) electrons. The number of aliphatic hydroxyl groups is 1. The Morgan fingerprint density at radius 1 is 1.50 bits per heavy atom. The highest BCUT2D eigenvalue weighted by Crippen LogP contribution is 2.25. The van der Waals surface area contributed by atoms with Crippen LogP contribution in [0.5, 0.6) is 11.6 Å². The first-order valence-corrected chi connectivity index (χ1v) is 4.17. The van der Waals surface area contributed by atoms with Crippen molar-refractivity contribution in [2.24, 2.45) is 5.73 Å². The summed E-state index contributed by atoms with van der Waals surface area (Å²) in [6.07, 6.45) is 1.54. The Morgan fingerprint density at radius 2 is 2.21 bits per heavy atom. The van der Waals surface area contributed by atoms with E-state index in [1.165, 1.54) is 14.2 Å². The van der Waals surface area contributed by atoms with Gasteiger partial charge in [0.2, 0.25) is 5.88 Å². The van der Waals surface area contributed by atoms with Crippen molar-refractivity contribution in [3.8, 4) is 11.6 Å². The molecule has 0 saturated carbocycles. The van der Waals surface area contributed by atoms with Crippen LogP contribution in [-0.4, -0.2) is 30.9 Å². The monoisotopic (exact) mass is 198 g/mol. The Kier molecular flexibility index (Phi) is 3.67. The van der Waals surface area contributed by atoms with Gasteiger partial charge in [0.25, 0.3) is 0 Å². The van der Waals surface area contributed by atoms with E-state index in [1.807, 2.05) is 0 Å². The van der Waals surface area contributed by atoms with Crippen molar-refractivity contribution < 1.29 is 14.6 Å². The fourth-order valence-electron chi connectivity index (χ4n) is 1.09. The molecule has 5 nitrogen and oxygen atoms in total. The van der Waals surface area contributed by atoms with Gasteiger partial charge in [-0.25, -0.2) is 4.98 Å². The lowest BCUT2D eigenvalue weighted by Crippen LogP contribution is -2.15. The second-order valence-electron chi connectivity index (χ2n) is 2.76. The molecule has 0 saturated heterocycles. The van der Waals surface area contributed by atoms with E-state index in [0.717, 1.165) is 0 Å². The number of hydrogen-bond donors (Lipinski definition) is 2. The van der Waals surface area contributed by atoms with E-state index in [-0.39, 0.29) is 6.61 Å². The molecule has 0 aliphatic rings. The first-order chi connectivity index (χ1) is 6.72. The maximum absolute atomic E-state index is 8.90. The molecule has 78 valence electrons. The Bertz CT molecular complexity index is 304. The second-order valence-corrected chi connectivity index (χ2v) is 2.76. The van der Waals surface area contributed by atoms with Gasteiger partial charge in [-0.2, -0.15) is 0 Å². The summed E-state index contributed by atoms with van der Waals surface area (Å²) in [5.41, 5.74) is 6.31. The first kappa shape index (κ1) is 10.7. The molecule has 0 aliphatic carbocycles. The van der Waals surface area contributed by atoms with Gasteiger partial charge in [-0.15, -0.1) is 0 Å². The van der Waals surface area contributed by atoms with Gasteiger partial charge in [0.15, 0.2) is 0 Å². The summed E-state index contributed by atoms with van der Waals surface area (Å²) in [4.78, 5) is 3.98. The number of pyridine rings is 1. The van der Waals surface area contributed by atoms with Gasteiger partial charge in [-0.1, -0.05) is 0 Å². The fourth-order valence-corrected chi connectivity index (χ4v) is 1.09. The molecule has 0 aliphatic heterocycles. The number of aromatic nitrogens is 1. The Labute approximate surface area is 82.5 Å². The molecule has 1 aromatic rings. The van der Waals surface area contributed by atoms with Crippen molar-refractivity contribution in [1.29, 1.82) is 0 Å². The van der Waals surface area contributed by atoms with E-state index in [9.17, 15) is 0 Å². The van der Waals surface area contributed by atoms with Crippen molar-refractivity contribution in [2.45, 2.75) is 6.04 Å². The van der Waals surface area contributed by atoms with Gasteiger partial charge >= 0.3 is 0 Å². The highest BCUT2D eigenvalue weighted by molar-refractivity contribution is 5.37. The van der Waals surface area contributed by atoms with Crippen molar-refractivity contribution in [2.75, 3.05) is 20.8 Å². The van der Waals surface area contributed by atoms with Crippen molar-refractivity contribution in [1.82, 2.24) is 4.98 Å². The highest BCUT2D eigenvalue weighted by Gasteiger charge is 2.12. The van der Waals surface area contributed by atoms with Gasteiger partial charge in [0.05, 0.1) is 26.9 Å². The van der Waals surface area contributed by atoms with Crippen LogP contribution in [-0.2, 0) is 0 Å². The molecule has 1 atom stereocenters. The summed E-state index contributed by atoms with van der Waals surface area (Å²) >= 11 is 0. The topological polar surface area (TPSA) is 77.6 Å². The lowest BCUT2D eigenvalue weighted by molar-refractivity contribution is 0.264. The molecule has 0 amide bonds. The average Bonchev–Trinajstić information content (AvgIpc) is 2.27. The van der Waals surface area contributed by atoms with E-state index in [4.69, 9.17) is 20.3 Å². The highest BCUT2D eigenvalue weighted by atomic mass is 16.5. The third kappa shape index (κ3) is 2.12. The zero-order chi connectivity index (χ0) is 10.6. The van der Waals surface area contributed by atoms with Gasteiger partial charge < -0.3 is 20.3 Å². The van der Waals surface area contributed by atoms with Crippen LogP contribution in [0.15, 0.2) is 12.3 Å².